The number of carbonyl (C=O) groups is 1. The fraction of sp³-hybridized carbons (Fsp3) is 0.231. The van der Waals surface area contributed by atoms with E-state index in [9.17, 15) is 4.79 Å². The van der Waals surface area contributed by atoms with Crippen molar-refractivity contribution in [3.63, 3.8) is 0 Å². The van der Waals surface area contributed by atoms with Crippen molar-refractivity contribution < 1.29 is 9.90 Å². The number of rotatable bonds is 5. The molecule has 0 saturated heterocycles. The van der Waals surface area contributed by atoms with Gasteiger partial charge in [0.2, 0.25) is 0 Å². The summed E-state index contributed by atoms with van der Waals surface area (Å²) in [6.45, 7) is 2.72. The molecule has 1 unspecified atom stereocenters. The Morgan fingerprint density at radius 3 is 2.89 bits per heavy atom. The molecule has 5 heteroatoms. The lowest BCUT2D eigenvalue weighted by Crippen LogP contribution is -2.18. The second-order valence-corrected chi connectivity index (χ2v) is 4.94. The van der Waals surface area contributed by atoms with E-state index in [1.54, 1.807) is 23.5 Å². The Hall–Kier alpha value is -1.72. The van der Waals surface area contributed by atoms with Crippen LogP contribution in [0.4, 0.5) is 0 Å². The van der Waals surface area contributed by atoms with E-state index in [1.165, 1.54) is 11.1 Å². The maximum atomic E-state index is 10.7. The summed E-state index contributed by atoms with van der Waals surface area (Å²) < 4.78 is 0. The molecular weight excluding hydrogens is 248 g/mol. The van der Waals surface area contributed by atoms with Gasteiger partial charge in [-0.1, -0.05) is 6.07 Å². The zero-order chi connectivity index (χ0) is 13.0. The predicted octanol–water partition coefficient (Wildman–Crippen LogP) is 2.69. The molecule has 0 aliphatic heterocycles. The van der Waals surface area contributed by atoms with Crippen LogP contribution >= 0.6 is 11.3 Å². The van der Waals surface area contributed by atoms with Crippen LogP contribution in [-0.4, -0.2) is 16.1 Å². The van der Waals surface area contributed by atoms with Crippen LogP contribution in [0.3, 0.4) is 0 Å². The van der Waals surface area contributed by atoms with Gasteiger partial charge in [0.15, 0.2) is 0 Å². The number of aromatic carboxylic acids is 1. The summed E-state index contributed by atoms with van der Waals surface area (Å²) in [6.07, 6.45) is 1.38. The normalized spacial score (nSPS) is 12.3. The van der Waals surface area contributed by atoms with Crippen LogP contribution in [0.25, 0.3) is 0 Å². The minimum absolute atomic E-state index is 0.213. The molecule has 2 N–H and O–H groups in total. The van der Waals surface area contributed by atoms with E-state index in [0.29, 0.717) is 6.54 Å². The number of pyridine rings is 1. The molecule has 1 atom stereocenters. The Labute approximate surface area is 109 Å². The van der Waals surface area contributed by atoms with E-state index < -0.39 is 5.97 Å². The van der Waals surface area contributed by atoms with Crippen LogP contribution in [0.1, 0.15) is 33.9 Å². The zero-order valence-corrected chi connectivity index (χ0v) is 10.8. The monoisotopic (exact) mass is 262 g/mol. The molecule has 0 aromatic carbocycles. The number of thiophene rings is 1. The molecule has 2 aromatic rings. The van der Waals surface area contributed by atoms with E-state index in [4.69, 9.17) is 5.11 Å². The van der Waals surface area contributed by atoms with Crippen molar-refractivity contribution >= 4 is 17.3 Å². The average Bonchev–Trinajstić information content (AvgIpc) is 2.90. The van der Waals surface area contributed by atoms with Gasteiger partial charge in [-0.25, -0.2) is 4.79 Å². The first-order valence-corrected chi connectivity index (χ1v) is 6.50. The number of carboxylic acids is 1. The minimum Gasteiger partial charge on any atom is -0.478 e. The Bertz CT molecular complexity index is 508. The number of aromatic nitrogens is 1. The van der Waals surface area contributed by atoms with Crippen molar-refractivity contribution in [2.45, 2.75) is 19.5 Å². The third kappa shape index (κ3) is 3.15. The molecule has 0 radical (unpaired) electrons. The van der Waals surface area contributed by atoms with Crippen LogP contribution in [0, 0.1) is 0 Å². The Balaban J connectivity index is 1.92. The van der Waals surface area contributed by atoms with E-state index in [2.05, 4.69) is 23.3 Å². The summed E-state index contributed by atoms with van der Waals surface area (Å²) in [6, 6.07) is 7.69. The number of hydrogen-bond donors (Lipinski definition) is 2. The average molecular weight is 262 g/mol. The number of hydrogen-bond acceptors (Lipinski definition) is 4. The summed E-state index contributed by atoms with van der Waals surface area (Å²) >= 11 is 1.71. The topological polar surface area (TPSA) is 62.2 Å². The lowest BCUT2D eigenvalue weighted by atomic mass is 10.2. The molecular formula is C13H14N2O2S. The highest BCUT2D eigenvalue weighted by atomic mass is 32.1. The zero-order valence-electron chi connectivity index (χ0n) is 9.96. The lowest BCUT2D eigenvalue weighted by molar-refractivity contribution is 0.0696. The second-order valence-electron chi connectivity index (χ2n) is 3.96. The van der Waals surface area contributed by atoms with Crippen LogP contribution < -0.4 is 5.32 Å². The van der Waals surface area contributed by atoms with E-state index in [0.717, 1.165) is 5.69 Å². The Kier molecular flexibility index (Phi) is 4.07. The minimum atomic E-state index is -0.950. The first-order valence-electron chi connectivity index (χ1n) is 5.62. The van der Waals surface area contributed by atoms with Crippen molar-refractivity contribution in [2.24, 2.45) is 0 Å². The fourth-order valence-electron chi connectivity index (χ4n) is 1.55. The van der Waals surface area contributed by atoms with Gasteiger partial charge in [0.1, 0.15) is 0 Å². The van der Waals surface area contributed by atoms with Crippen LogP contribution in [0.2, 0.25) is 0 Å². The van der Waals surface area contributed by atoms with Crippen LogP contribution in [0.5, 0.6) is 0 Å². The van der Waals surface area contributed by atoms with Gasteiger partial charge in [0, 0.05) is 23.7 Å². The molecule has 18 heavy (non-hydrogen) atoms. The standard InChI is InChI=1S/C13H14N2O2S/c1-9(12-3-2-6-18-12)14-8-11-5-4-10(7-15-11)13(16)17/h2-7,9,14H,8H2,1H3,(H,16,17). The predicted molar refractivity (Wildman–Crippen MR) is 70.8 cm³/mol. The molecule has 0 fully saturated rings. The van der Waals surface area contributed by atoms with Gasteiger partial charge in [-0.05, 0) is 30.5 Å². The molecule has 0 aliphatic rings. The Morgan fingerprint density at radius 2 is 2.33 bits per heavy atom. The third-order valence-electron chi connectivity index (χ3n) is 2.63. The summed E-state index contributed by atoms with van der Waals surface area (Å²) in [5, 5.41) is 14.2. The number of carboxylic acid groups (broad SMARTS) is 1. The molecule has 0 bridgehead atoms. The quantitative estimate of drug-likeness (QED) is 0.869. The first-order chi connectivity index (χ1) is 8.66. The lowest BCUT2D eigenvalue weighted by Gasteiger charge is -2.11. The van der Waals surface area contributed by atoms with Crippen LogP contribution in [0.15, 0.2) is 35.8 Å². The highest BCUT2D eigenvalue weighted by Crippen LogP contribution is 2.18. The van der Waals surface area contributed by atoms with Crippen molar-refractivity contribution in [1.29, 1.82) is 0 Å². The molecule has 4 nitrogen and oxygen atoms in total. The first kappa shape index (κ1) is 12.7. The van der Waals surface area contributed by atoms with E-state index in [-0.39, 0.29) is 11.6 Å². The molecule has 0 spiro atoms. The van der Waals surface area contributed by atoms with Crippen molar-refractivity contribution in [3.8, 4) is 0 Å². The SMILES string of the molecule is CC(NCc1ccc(C(=O)O)cn1)c1cccs1. The molecule has 0 saturated carbocycles. The third-order valence-corrected chi connectivity index (χ3v) is 3.69. The largest absolute Gasteiger partial charge is 0.478 e. The summed E-state index contributed by atoms with van der Waals surface area (Å²) in [4.78, 5) is 16.1. The van der Waals surface area contributed by atoms with Crippen molar-refractivity contribution in [3.05, 3.63) is 52.0 Å². The van der Waals surface area contributed by atoms with Gasteiger partial charge in [0.05, 0.1) is 11.3 Å². The summed E-state index contributed by atoms with van der Waals surface area (Å²) in [5.41, 5.74) is 1.05. The summed E-state index contributed by atoms with van der Waals surface area (Å²) in [7, 11) is 0. The molecule has 0 amide bonds. The van der Waals surface area contributed by atoms with Crippen LogP contribution in [-0.2, 0) is 6.54 Å². The number of nitrogens with zero attached hydrogens (tertiary/aromatic N) is 1. The van der Waals surface area contributed by atoms with Gasteiger partial charge in [-0.15, -0.1) is 11.3 Å². The van der Waals surface area contributed by atoms with Gasteiger partial charge >= 0.3 is 5.97 Å². The fourth-order valence-corrected chi connectivity index (χ4v) is 2.31. The van der Waals surface area contributed by atoms with Gasteiger partial charge in [0.25, 0.3) is 0 Å². The van der Waals surface area contributed by atoms with Crippen molar-refractivity contribution in [2.75, 3.05) is 0 Å². The van der Waals surface area contributed by atoms with Gasteiger partial charge in [-0.2, -0.15) is 0 Å². The van der Waals surface area contributed by atoms with E-state index >= 15 is 0 Å². The van der Waals surface area contributed by atoms with Gasteiger partial charge < -0.3 is 10.4 Å². The second kappa shape index (κ2) is 5.75. The maximum Gasteiger partial charge on any atom is 0.337 e. The number of nitrogens with one attached hydrogen (secondary N) is 1. The highest BCUT2D eigenvalue weighted by Gasteiger charge is 2.07. The molecule has 2 heterocycles. The molecule has 0 aliphatic carbocycles. The van der Waals surface area contributed by atoms with Gasteiger partial charge in [-0.3, -0.25) is 4.98 Å². The Morgan fingerprint density at radius 1 is 1.50 bits per heavy atom. The molecule has 94 valence electrons. The smallest absolute Gasteiger partial charge is 0.337 e. The molecule has 2 rings (SSSR count). The molecule has 2 aromatic heterocycles. The van der Waals surface area contributed by atoms with Crippen molar-refractivity contribution in [1.82, 2.24) is 10.3 Å². The highest BCUT2D eigenvalue weighted by molar-refractivity contribution is 7.10. The van der Waals surface area contributed by atoms with E-state index in [1.807, 2.05) is 11.4 Å². The summed E-state index contributed by atoms with van der Waals surface area (Å²) in [5.74, 6) is -0.950. The maximum absolute atomic E-state index is 10.7.